The third-order valence-corrected chi connectivity index (χ3v) is 3.16. The molecular weight excluding hydrogens is 264 g/mol. The van der Waals surface area contributed by atoms with E-state index in [4.69, 9.17) is 21.6 Å². The summed E-state index contributed by atoms with van der Waals surface area (Å²) in [5.41, 5.74) is 0. The van der Waals surface area contributed by atoms with Crippen molar-refractivity contribution in [1.82, 2.24) is 4.90 Å². The number of amides is 1. The van der Waals surface area contributed by atoms with E-state index in [0.717, 1.165) is 0 Å². The molecule has 1 aromatic rings. The van der Waals surface area contributed by atoms with Crippen molar-refractivity contribution in [3.05, 3.63) is 29.3 Å². The number of carbonyl (C=O) groups excluding carboxylic acids is 1. The molecule has 0 aromatic heterocycles. The van der Waals surface area contributed by atoms with Crippen LogP contribution in [0, 0.1) is 11.3 Å². The Balaban J connectivity index is 2.39. The minimum absolute atomic E-state index is 0.0465. The molecule has 1 unspecified atom stereocenters. The van der Waals surface area contributed by atoms with Gasteiger partial charge in [-0.15, -0.1) is 0 Å². The molecule has 0 saturated carbocycles. The van der Waals surface area contributed by atoms with E-state index < -0.39 is 0 Å². The zero-order chi connectivity index (χ0) is 14.3. The number of nitrogens with zero attached hydrogens (tertiary/aromatic N) is 2. The molecule has 0 radical (unpaired) electrons. The molecule has 0 aliphatic rings. The largest absolute Gasteiger partial charge is 0.491 e. The Morgan fingerprint density at radius 1 is 1.53 bits per heavy atom. The smallest absolute Gasteiger partial charge is 0.226 e. The number of para-hydroxylation sites is 1. The van der Waals surface area contributed by atoms with Crippen LogP contribution >= 0.6 is 11.6 Å². The van der Waals surface area contributed by atoms with Gasteiger partial charge in [-0.3, -0.25) is 4.79 Å². The second-order valence-electron chi connectivity index (χ2n) is 4.24. The Hall–Kier alpha value is -1.73. The summed E-state index contributed by atoms with van der Waals surface area (Å²) < 4.78 is 5.45. The average Bonchev–Trinajstić information content (AvgIpc) is 2.40. The van der Waals surface area contributed by atoms with Crippen LogP contribution in [0.4, 0.5) is 0 Å². The topological polar surface area (TPSA) is 53.3 Å². The standard InChI is InChI=1S/C14H17ClN2O2/c1-11(7-9-16)17(2)14(18)8-10-19-13-6-4-3-5-12(13)15/h3-6,11H,7-8,10H2,1-2H3. The zero-order valence-corrected chi connectivity index (χ0v) is 11.9. The number of hydrogen-bond donors (Lipinski definition) is 0. The molecule has 0 bridgehead atoms. The Morgan fingerprint density at radius 2 is 2.21 bits per heavy atom. The minimum Gasteiger partial charge on any atom is -0.491 e. The second kappa shape index (κ2) is 7.65. The van der Waals surface area contributed by atoms with E-state index in [1.165, 1.54) is 0 Å². The van der Waals surface area contributed by atoms with Crippen molar-refractivity contribution in [2.45, 2.75) is 25.8 Å². The van der Waals surface area contributed by atoms with Crippen LogP contribution in [0.2, 0.25) is 5.02 Å². The van der Waals surface area contributed by atoms with E-state index in [2.05, 4.69) is 6.07 Å². The fourth-order valence-corrected chi connectivity index (χ4v) is 1.69. The van der Waals surface area contributed by atoms with Crippen LogP contribution in [0.25, 0.3) is 0 Å². The fourth-order valence-electron chi connectivity index (χ4n) is 1.50. The molecule has 0 heterocycles. The van der Waals surface area contributed by atoms with Crippen molar-refractivity contribution in [3.8, 4) is 11.8 Å². The van der Waals surface area contributed by atoms with Gasteiger partial charge >= 0.3 is 0 Å². The lowest BCUT2D eigenvalue weighted by Crippen LogP contribution is -2.35. The van der Waals surface area contributed by atoms with Gasteiger partial charge in [-0.2, -0.15) is 5.26 Å². The van der Waals surface area contributed by atoms with E-state index in [0.29, 0.717) is 17.2 Å². The van der Waals surface area contributed by atoms with Crippen LogP contribution in [-0.4, -0.2) is 30.5 Å². The highest BCUT2D eigenvalue weighted by Gasteiger charge is 2.15. The van der Waals surface area contributed by atoms with Crippen molar-refractivity contribution in [3.63, 3.8) is 0 Å². The second-order valence-corrected chi connectivity index (χ2v) is 4.65. The van der Waals surface area contributed by atoms with Crippen molar-refractivity contribution >= 4 is 17.5 Å². The van der Waals surface area contributed by atoms with Crippen LogP contribution in [0.15, 0.2) is 24.3 Å². The third-order valence-electron chi connectivity index (χ3n) is 2.85. The van der Waals surface area contributed by atoms with Gasteiger partial charge < -0.3 is 9.64 Å². The van der Waals surface area contributed by atoms with Crippen molar-refractivity contribution in [2.24, 2.45) is 0 Å². The van der Waals surface area contributed by atoms with E-state index in [1.807, 2.05) is 19.1 Å². The molecule has 5 heteroatoms. The molecule has 0 spiro atoms. The van der Waals surface area contributed by atoms with Crippen molar-refractivity contribution < 1.29 is 9.53 Å². The summed E-state index contributed by atoms with van der Waals surface area (Å²) in [6, 6.07) is 9.10. The first-order valence-electron chi connectivity index (χ1n) is 6.06. The molecule has 1 amide bonds. The maximum atomic E-state index is 11.8. The fraction of sp³-hybridized carbons (Fsp3) is 0.429. The average molecular weight is 281 g/mol. The van der Waals surface area contributed by atoms with Crippen LogP contribution < -0.4 is 4.74 Å². The molecule has 1 rings (SSSR count). The highest BCUT2D eigenvalue weighted by molar-refractivity contribution is 6.32. The number of halogens is 1. The number of hydrogen-bond acceptors (Lipinski definition) is 3. The summed E-state index contributed by atoms with van der Waals surface area (Å²) in [4.78, 5) is 13.4. The van der Waals surface area contributed by atoms with Gasteiger partial charge in [-0.1, -0.05) is 23.7 Å². The van der Waals surface area contributed by atoms with Crippen LogP contribution in [-0.2, 0) is 4.79 Å². The first kappa shape index (κ1) is 15.3. The third kappa shape index (κ3) is 4.80. The lowest BCUT2D eigenvalue weighted by molar-refractivity contribution is -0.132. The lowest BCUT2D eigenvalue weighted by Gasteiger charge is -2.22. The molecular formula is C14H17ClN2O2. The summed E-state index contributed by atoms with van der Waals surface area (Å²) in [7, 11) is 1.69. The van der Waals surface area contributed by atoms with E-state index in [-0.39, 0.29) is 25.0 Å². The van der Waals surface area contributed by atoms with Gasteiger partial charge in [0.05, 0.1) is 30.5 Å². The van der Waals surface area contributed by atoms with E-state index >= 15 is 0 Å². The van der Waals surface area contributed by atoms with Crippen LogP contribution in [0.5, 0.6) is 5.75 Å². The molecule has 1 atom stereocenters. The minimum atomic E-state index is -0.0854. The van der Waals surface area contributed by atoms with E-state index in [1.54, 1.807) is 24.1 Å². The Bertz CT molecular complexity index is 471. The highest BCUT2D eigenvalue weighted by Crippen LogP contribution is 2.23. The first-order chi connectivity index (χ1) is 9.06. The molecule has 4 nitrogen and oxygen atoms in total. The maximum absolute atomic E-state index is 11.8. The summed E-state index contributed by atoms with van der Waals surface area (Å²) >= 11 is 5.94. The first-order valence-corrected chi connectivity index (χ1v) is 6.44. The van der Waals surface area contributed by atoms with Gasteiger partial charge in [0.25, 0.3) is 0 Å². The van der Waals surface area contributed by atoms with E-state index in [9.17, 15) is 4.79 Å². The quantitative estimate of drug-likeness (QED) is 0.805. The number of ether oxygens (including phenoxy) is 1. The van der Waals surface area contributed by atoms with Gasteiger partial charge in [0.2, 0.25) is 5.91 Å². The number of benzene rings is 1. The molecule has 0 aliphatic carbocycles. The van der Waals surface area contributed by atoms with Gasteiger partial charge in [0.15, 0.2) is 0 Å². The lowest BCUT2D eigenvalue weighted by atomic mass is 10.2. The summed E-state index contributed by atoms with van der Waals surface area (Å²) in [5.74, 6) is 0.527. The molecule has 19 heavy (non-hydrogen) atoms. The number of nitriles is 1. The van der Waals surface area contributed by atoms with Crippen molar-refractivity contribution in [2.75, 3.05) is 13.7 Å². The van der Waals surface area contributed by atoms with Gasteiger partial charge in [-0.25, -0.2) is 0 Å². The molecule has 102 valence electrons. The normalized spacial score (nSPS) is 11.5. The monoisotopic (exact) mass is 280 g/mol. The summed E-state index contributed by atoms with van der Waals surface area (Å²) in [6.45, 7) is 2.11. The molecule has 0 N–H and O–H groups in total. The van der Waals surface area contributed by atoms with Gasteiger partial charge in [0, 0.05) is 13.1 Å². The predicted molar refractivity (Wildman–Crippen MR) is 74.0 cm³/mol. The molecule has 0 saturated heterocycles. The number of carbonyl (C=O) groups is 1. The van der Waals surface area contributed by atoms with Gasteiger partial charge in [-0.05, 0) is 19.1 Å². The summed E-state index contributed by atoms with van der Waals surface area (Å²) in [5, 5.41) is 9.12. The summed E-state index contributed by atoms with van der Waals surface area (Å²) in [6.07, 6.45) is 0.588. The highest BCUT2D eigenvalue weighted by atomic mass is 35.5. The Labute approximate surface area is 118 Å². The van der Waals surface area contributed by atoms with Crippen LogP contribution in [0.3, 0.4) is 0 Å². The molecule has 0 fully saturated rings. The van der Waals surface area contributed by atoms with Gasteiger partial charge in [0.1, 0.15) is 5.75 Å². The molecule has 0 aliphatic heterocycles. The van der Waals surface area contributed by atoms with Crippen molar-refractivity contribution in [1.29, 1.82) is 5.26 Å². The Kier molecular flexibility index (Phi) is 6.17. The zero-order valence-electron chi connectivity index (χ0n) is 11.1. The number of rotatable bonds is 6. The predicted octanol–water partition coefficient (Wildman–Crippen LogP) is 2.87. The SMILES string of the molecule is CC(CC#N)N(C)C(=O)CCOc1ccccc1Cl. The Morgan fingerprint density at radius 3 is 2.84 bits per heavy atom. The van der Waals surface area contributed by atoms with Crippen LogP contribution in [0.1, 0.15) is 19.8 Å². The maximum Gasteiger partial charge on any atom is 0.226 e. The molecule has 1 aromatic carbocycles.